The van der Waals surface area contributed by atoms with Crippen LogP contribution in [0.1, 0.15) is 23.1 Å². The Bertz CT molecular complexity index is 975. The minimum Gasteiger partial charge on any atom is -0.480 e. The van der Waals surface area contributed by atoms with Gasteiger partial charge in [0.05, 0.1) is 22.7 Å². The van der Waals surface area contributed by atoms with Crippen molar-refractivity contribution in [1.29, 1.82) is 5.26 Å². The fraction of sp³-hybridized carbons (Fsp3) is 0.333. The van der Waals surface area contributed by atoms with E-state index in [2.05, 4.69) is 0 Å². The fourth-order valence-electron chi connectivity index (χ4n) is 3.72. The van der Waals surface area contributed by atoms with Crippen LogP contribution in [0.5, 0.6) is 0 Å². The average Bonchev–Trinajstić information content (AvgIpc) is 3.13. The van der Waals surface area contributed by atoms with Crippen molar-refractivity contribution >= 4 is 23.3 Å². The van der Waals surface area contributed by atoms with Gasteiger partial charge in [0.25, 0.3) is 0 Å². The molecule has 0 bridgehead atoms. The first-order valence-corrected chi connectivity index (χ1v) is 9.62. The lowest BCUT2D eigenvalue weighted by molar-refractivity contribution is -0.139. The summed E-state index contributed by atoms with van der Waals surface area (Å²) in [6, 6.07) is 11.9. The molecule has 0 radical (unpaired) electrons. The molecule has 1 aliphatic rings. The average molecular weight is 438 g/mol. The van der Waals surface area contributed by atoms with Gasteiger partial charge >= 0.3 is 12.1 Å². The zero-order chi connectivity index (χ0) is 21.9. The van der Waals surface area contributed by atoms with Crippen LogP contribution < -0.4 is 4.90 Å². The summed E-state index contributed by atoms with van der Waals surface area (Å²) >= 11 is 6.17. The van der Waals surface area contributed by atoms with Gasteiger partial charge in [-0.1, -0.05) is 29.8 Å². The van der Waals surface area contributed by atoms with Gasteiger partial charge in [-0.2, -0.15) is 18.4 Å². The van der Waals surface area contributed by atoms with Crippen molar-refractivity contribution in [2.45, 2.75) is 25.2 Å². The van der Waals surface area contributed by atoms with Gasteiger partial charge in [0.2, 0.25) is 0 Å². The summed E-state index contributed by atoms with van der Waals surface area (Å²) in [5.74, 6) is -0.953. The molecule has 1 N–H and O–H groups in total. The number of benzene rings is 2. The number of hydrogen-bond donors (Lipinski definition) is 1. The van der Waals surface area contributed by atoms with Crippen LogP contribution in [0.2, 0.25) is 5.02 Å². The van der Waals surface area contributed by atoms with Gasteiger partial charge in [-0.05, 0) is 36.2 Å². The number of nitriles is 1. The van der Waals surface area contributed by atoms with Crippen molar-refractivity contribution in [3.05, 3.63) is 64.2 Å². The number of rotatable bonds is 6. The molecule has 0 saturated carbocycles. The number of carboxylic acids is 1. The van der Waals surface area contributed by atoms with E-state index in [9.17, 15) is 18.0 Å². The van der Waals surface area contributed by atoms with Crippen molar-refractivity contribution in [2.75, 3.05) is 24.5 Å². The molecule has 5 nitrogen and oxygen atoms in total. The molecule has 1 aliphatic heterocycles. The third-order valence-electron chi connectivity index (χ3n) is 5.12. The van der Waals surface area contributed by atoms with Crippen LogP contribution in [0.3, 0.4) is 0 Å². The van der Waals surface area contributed by atoms with Crippen molar-refractivity contribution < 1.29 is 23.1 Å². The van der Waals surface area contributed by atoms with E-state index in [0.29, 0.717) is 25.2 Å². The smallest absolute Gasteiger partial charge is 0.416 e. The molecule has 1 fully saturated rings. The van der Waals surface area contributed by atoms with Crippen molar-refractivity contribution in [2.24, 2.45) is 0 Å². The van der Waals surface area contributed by atoms with Crippen LogP contribution in [0.25, 0.3) is 0 Å². The third-order valence-corrected chi connectivity index (χ3v) is 5.43. The van der Waals surface area contributed by atoms with E-state index in [1.807, 2.05) is 6.07 Å². The second kappa shape index (κ2) is 8.94. The lowest BCUT2D eigenvalue weighted by Crippen LogP contribution is -2.38. The summed E-state index contributed by atoms with van der Waals surface area (Å²) in [6.45, 7) is 0.775. The van der Waals surface area contributed by atoms with Gasteiger partial charge in [-0.15, -0.1) is 0 Å². The molecule has 0 aromatic heterocycles. The number of carboxylic acid groups (broad SMARTS) is 1. The Morgan fingerprint density at radius 2 is 2.03 bits per heavy atom. The summed E-state index contributed by atoms with van der Waals surface area (Å²) in [4.78, 5) is 14.6. The number of likely N-dealkylation sites (tertiary alicyclic amines) is 1. The SMILES string of the molecule is N#Cc1ccc(N(Cc2ccccc2C(F)(F)F)[C@H]2CCN(CC(=O)O)C2)cc1Cl. The third kappa shape index (κ3) is 5.04. The molecule has 2 aromatic carbocycles. The highest BCUT2D eigenvalue weighted by molar-refractivity contribution is 6.32. The molecule has 9 heteroatoms. The van der Waals surface area contributed by atoms with Gasteiger partial charge in [-0.25, -0.2) is 0 Å². The zero-order valence-electron chi connectivity index (χ0n) is 15.9. The maximum Gasteiger partial charge on any atom is 0.416 e. The molecule has 158 valence electrons. The minimum absolute atomic E-state index is 0.0243. The maximum absolute atomic E-state index is 13.5. The number of carbonyl (C=O) groups is 1. The van der Waals surface area contributed by atoms with Gasteiger partial charge in [-0.3, -0.25) is 9.69 Å². The van der Waals surface area contributed by atoms with Crippen LogP contribution in [0, 0.1) is 11.3 Å². The second-order valence-electron chi connectivity index (χ2n) is 7.13. The van der Waals surface area contributed by atoms with E-state index in [4.69, 9.17) is 22.0 Å². The van der Waals surface area contributed by atoms with Gasteiger partial charge < -0.3 is 10.0 Å². The molecule has 0 unspecified atom stereocenters. The summed E-state index contributed by atoms with van der Waals surface area (Å²) in [6.07, 6.45) is -3.89. The van der Waals surface area contributed by atoms with E-state index in [-0.39, 0.29) is 35.3 Å². The van der Waals surface area contributed by atoms with Crippen LogP contribution in [-0.4, -0.2) is 41.7 Å². The Labute approximate surface area is 176 Å². The summed E-state index contributed by atoms with van der Waals surface area (Å²) in [5, 5.41) is 18.4. The number of nitrogens with zero attached hydrogens (tertiary/aromatic N) is 3. The second-order valence-corrected chi connectivity index (χ2v) is 7.54. The van der Waals surface area contributed by atoms with Gasteiger partial charge in [0.1, 0.15) is 6.07 Å². The van der Waals surface area contributed by atoms with Crippen molar-refractivity contribution in [3.8, 4) is 6.07 Å². The predicted octanol–water partition coefficient (Wildman–Crippen LogP) is 4.40. The van der Waals surface area contributed by atoms with Crippen molar-refractivity contribution in [3.63, 3.8) is 0 Å². The Morgan fingerprint density at radius 1 is 1.30 bits per heavy atom. The fourth-order valence-corrected chi connectivity index (χ4v) is 3.94. The first-order chi connectivity index (χ1) is 14.2. The summed E-state index contributed by atoms with van der Waals surface area (Å²) < 4.78 is 40.5. The lowest BCUT2D eigenvalue weighted by Gasteiger charge is -2.32. The Kier molecular flexibility index (Phi) is 6.54. The number of aliphatic carboxylic acids is 1. The number of hydrogen-bond acceptors (Lipinski definition) is 4. The molecule has 1 saturated heterocycles. The molecule has 1 heterocycles. The summed E-state index contributed by atoms with van der Waals surface area (Å²) in [7, 11) is 0. The number of alkyl halides is 3. The van der Waals surface area contributed by atoms with Crippen molar-refractivity contribution in [1.82, 2.24) is 4.90 Å². The Balaban J connectivity index is 1.96. The van der Waals surface area contributed by atoms with E-state index in [1.54, 1.807) is 28.0 Å². The first kappa shape index (κ1) is 21.9. The maximum atomic E-state index is 13.5. The van der Waals surface area contributed by atoms with E-state index in [1.165, 1.54) is 18.2 Å². The molecular weight excluding hydrogens is 419 g/mol. The van der Waals surface area contributed by atoms with E-state index in [0.717, 1.165) is 6.07 Å². The van der Waals surface area contributed by atoms with E-state index < -0.39 is 17.7 Å². The quantitative estimate of drug-likeness (QED) is 0.725. The Hall–Kier alpha value is -2.76. The molecule has 2 aromatic rings. The van der Waals surface area contributed by atoms with Crippen LogP contribution in [-0.2, 0) is 17.5 Å². The van der Waals surface area contributed by atoms with Gasteiger partial charge in [0.15, 0.2) is 0 Å². The van der Waals surface area contributed by atoms with Crippen LogP contribution in [0.4, 0.5) is 18.9 Å². The molecule has 30 heavy (non-hydrogen) atoms. The van der Waals surface area contributed by atoms with Crippen LogP contribution in [0.15, 0.2) is 42.5 Å². The number of halogens is 4. The predicted molar refractivity (Wildman–Crippen MR) is 106 cm³/mol. The standard InChI is InChI=1S/C21H19ClF3N3O2/c22-19-9-16(6-5-14(19)10-26)28(17-7-8-27(12-17)13-20(29)30)11-15-3-1-2-4-18(15)21(23,24)25/h1-6,9,17H,7-8,11-13H2,(H,29,30)/t17-/m0/s1. The highest BCUT2D eigenvalue weighted by Gasteiger charge is 2.35. The zero-order valence-corrected chi connectivity index (χ0v) is 16.6. The van der Waals surface area contributed by atoms with Gasteiger partial charge in [0, 0.05) is 31.4 Å². The van der Waals surface area contributed by atoms with Crippen LogP contribution >= 0.6 is 11.6 Å². The highest BCUT2D eigenvalue weighted by Crippen LogP contribution is 2.35. The normalized spacial score (nSPS) is 17.0. The first-order valence-electron chi connectivity index (χ1n) is 9.24. The summed E-state index contributed by atoms with van der Waals surface area (Å²) in [5.41, 5.74) is 0.255. The largest absolute Gasteiger partial charge is 0.480 e. The molecule has 3 rings (SSSR count). The Morgan fingerprint density at radius 3 is 2.67 bits per heavy atom. The monoisotopic (exact) mass is 437 g/mol. The lowest BCUT2D eigenvalue weighted by atomic mass is 10.0. The molecule has 0 aliphatic carbocycles. The molecule has 1 atom stereocenters. The molecule has 0 spiro atoms. The molecular formula is C21H19ClF3N3O2. The van der Waals surface area contributed by atoms with E-state index >= 15 is 0 Å². The number of anilines is 1. The highest BCUT2D eigenvalue weighted by atomic mass is 35.5. The minimum atomic E-state index is -4.49. The molecule has 0 amide bonds. The topological polar surface area (TPSA) is 67.6 Å².